The Labute approximate surface area is 182 Å². The Morgan fingerprint density at radius 2 is 1.55 bits per heavy atom. The van der Waals surface area contributed by atoms with Gasteiger partial charge in [0.15, 0.2) is 0 Å². The van der Waals surface area contributed by atoms with Gasteiger partial charge in [-0.25, -0.2) is 4.79 Å². The smallest absolute Gasteiger partial charge is 0.339 e. The molecule has 0 aliphatic carbocycles. The molecule has 0 saturated carbocycles. The van der Waals surface area contributed by atoms with Gasteiger partial charge in [-0.2, -0.15) is 0 Å². The second kappa shape index (κ2) is 10.3. The highest BCUT2D eigenvalue weighted by Gasteiger charge is 2.26. The molecule has 3 aromatic rings. The second-order valence-electron chi connectivity index (χ2n) is 7.06. The summed E-state index contributed by atoms with van der Waals surface area (Å²) in [6.07, 6.45) is -1.11. The Morgan fingerprint density at radius 3 is 2.19 bits per heavy atom. The molecule has 0 aromatic heterocycles. The normalized spacial score (nSPS) is 11.3. The fourth-order valence-electron chi connectivity index (χ4n) is 3.02. The van der Waals surface area contributed by atoms with E-state index >= 15 is 0 Å². The highest BCUT2D eigenvalue weighted by molar-refractivity contribution is 5.99. The number of para-hydroxylation sites is 2. The van der Waals surface area contributed by atoms with Crippen LogP contribution in [0.3, 0.4) is 0 Å². The van der Waals surface area contributed by atoms with Gasteiger partial charge < -0.3 is 19.7 Å². The molecule has 3 aromatic carbocycles. The van der Waals surface area contributed by atoms with E-state index in [-0.39, 0.29) is 0 Å². The number of ether oxygens (including phenoxy) is 2. The number of hydrogen-bond donors (Lipinski definition) is 1. The van der Waals surface area contributed by atoms with Gasteiger partial charge in [0, 0.05) is 25.3 Å². The maximum atomic E-state index is 13.1. The van der Waals surface area contributed by atoms with Gasteiger partial charge in [0.2, 0.25) is 6.10 Å². The molecule has 3 rings (SSSR count). The van der Waals surface area contributed by atoms with Crippen molar-refractivity contribution in [3.8, 4) is 5.75 Å². The van der Waals surface area contributed by atoms with Gasteiger partial charge in [0.05, 0.1) is 17.9 Å². The fourth-order valence-corrected chi connectivity index (χ4v) is 3.02. The van der Waals surface area contributed by atoms with E-state index in [1.165, 1.54) is 0 Å². The topological polar surface area (TPSA) is 67.9 Å². The maximum Gasteiger partial charge on any atom is 0.339 e. The number of carbonyl (C=O) groups excluding carboxylic acids is 2. The van der Waals surface area contributed by atoms with Crippen LogP contribution in [0.2, 0.25) is 0 Å². The standard InChI is InChI=1S/C25H26N2O4/c1-4-30-22-13-9-8-12-21(22)26-24(28)23(18-10-6-5-7-11-18)31-25(29)19-14-16-20(17-15-19)27(2)3/h5-17,23H,4H2,1-3H3,(H,26,28)/t23-/m0/s1. The number of nitrogens with one attached hydrogen (secondary N) is 1. The van der Waals surface area contributed by atoms with E-state index in [2.05, 4.69) is 5.32 Å². The predicted octanol–water partition coefficient (Wildman–Crippen LogP) is 4.69. The van der Waals surface area contributed by atoms with Crippen molar-refractivity contribution in [1.82, 2.24) is 0 Å². The monoisotopic (exact) mass is 418 g/mol. The quantitative estimate of drug-likeness (QED) is 0.538. The van der Waals surface area contributed by atoms with Crippen molar-refractivity contribution in [3.05, 3.63) is 90.0 Å². The molecule has 0 bridgehead atoms. The molecule has 0 unspecified atom stereocenters. The summed E-state index contributed by atoms with van der Waals surface area (Å²) in [6.45, 7) is 2.33. The van der Waals surface area contributed by atoms with Crippen LogP contribution in [0.4, 0.5) is 11.4 Å². The van der Waals surface area contributed by atoms with Gasteiger partial charge in [-0.05, 0) is 43.3 Å². The molecule has 0 saturated heterocycles. The highest BCUT2D eigenvalue weighted by atomic mass is 16.5. The SMILES string of the molecule is CCOc1ccccc1NC(=O)[C@@H](OC(=O)c1ccc(N(C)C)cc1)c1ccccc1. The molecule has 1 N–H and O–H groups in total. The summed E-state index contributed by atoms with van der Waals surface area (Å²) < 4.78 is 11.2. The summed E-state index contributed by atoms with van der Waals surface area (Å²) in [4.78, 5) is 27.9. The number of hydrogen-bond acceptors (Lipinski definition) is 5. The Bertz CT molecular complexity index is 1020. The number of carbonyl (C=O) groups is 2. The van der Waals surface area contributed by atoms with Gasteiger partial charge in [-0.15, -0.1) is 0 Å². The van der Waals surface area contributed by atoms with Crippen molar-refractivity contribution >= 4 is 23.3 Å². The van der Waals surface area contributed by atoms with Crippen molar-refractivity contribution in [2.75, 3.05) is 30.9 Å². The first kappa shape index (κ1) is 21.9. The Morgan fingerprint density at radius 1 is 0.903 bits per heavy atom. The van der Waals surface area contributed by atoms with Crippen LogP contribution in [0, 0.1) is 0 Å². The Kier molecular flexibility index (Phi) is 7.27. The first-order valence-corrected chi connectivity index (χ1v) is 10.1. The van der Waals surface area contributed by atoms with E-state index in [9.17, 15) is 9.59 Å². The minimum absolute atomic E-state index is 0.369. The molecule has 6 heteroatoms. The molecule has 6 nitrogen and oxygen atoms in total. The molecule has 1 atom stereocenters. The van der Waals surface area contributed by atoms with E-state index in [4.69, 9.17) is 9.47 Å². The van der Waals surface area contributed by atoms with Crippen LogP contribution >= 0.6 is 0 Å². The van der Waals surface area contributed by atoms with Crippen molar-refractivity contribution in [2.45, 2.75) is 13.0 Å². The zero-order valence-electron chi connectivity index (χ0n) is 17.9. The van der Waals surface area contributed by atoms with Crippen LogP contribution in [-0.4, -0.2) is 32.6 Å². The maximum absolute atomic E-state index is 13.1. The molecular formula is C25H26N2O4. The van der Waals surface area contributed by atoms with Crippen LogP contribution in [0.5, 0.6) is 5.75 Å². The van der Waals surface area contributed by atoms with Gasteiger partial charge in [-0.1, -0.05) is 42.5 Å². The lowest BCUT2D eigenvalue weighted by Gasteiger charge is -2.19. The average molecular weight is 418 g/mol. The molecule has 0 fully saturated rings. The minimum Gasteiger partial charge on any atom is -0.492 e. The number of esters is 1. The summed E-state index contributed by atoms with van der Waals surface area (Å²) in [7, 11) is 3.84. The summed E-state index contributed by atoms with van der Waals surface area (Å²) in [5.74, 6) is -0.486. The summed E-state index contributed by atoms with van der Waals surface area (Å²) in [5.41, 5.74) is 2.42. The lowest BCUT2D eigenvalue weighted by Crippen LogP contribution is -2.26. The van der Waals surface area contributed by atoms with Crippen molar-refractivity contribution in [2.24, 2.45) is 0 Å². The molecule has 0 heterocycles. The predicted molar refractivity (Wildman–Crippen MR) is 122 cm³/mol. The van der Waals surface area contributed by atoms with Crippen molar-refractivity contribution in [1.29, 1.82) is 0 Å². The molecule has 0 radical (unpaired) electrons. The second-order valence-corrected chi connectivity index (χ2v) is 7.06. The van der Waals surface area contributed by atoms with Gasteiger partial charge in [0.25, 0.3) is 5.91 Å². The van der Waals surface area contributed by atoms with Crippen LogP contribution in [0.15, 0.2) is 78.9 Å². The van der Waals surface area contributed by atoms with Gasteiger partial charge in [-0.3, -0.25) is 4.79 Å². The largest absolute Gasteiger partial charge is 0.492 e. The molecule has 160 valence electrons. The molecular weight excluding hydrogens is 392 g/mol. The molecule has 0 aliphatic rings. The van der Waals surface area contributed by atoms with Crippen LogP contribution in [0.1, 0.15) is 28.9 Å². The Balaban J connectivity index is 1.83. The van der Waals surface area contributed by atoms with Crippen LogP contribution in [-0.2, 0) is 9.53 Å². The highest BCUT2D eigenvalue weighted by Crippen LogP contribution is 2.27. The third-order valence-corrected chi connectivity index (χ3v) is 4.63. The number of benzene rings is 3. The lowest BCUT2D eigenvalue weighted by molar-refractivity contribution is -0.125. The Hall–Kier alpha value is -3.80. The zero-order chi connectivity index (χ0) is 22.2. The van der Waals surface area contributed by atoms with Crippen LogP contribution in [0.25, 0.3) is 0 Å². The van der Waals surface area contributed by atoms with Gasteiger partial charge in [0.1, 0.15) is 5.75 Å². The third kappa shape index (κ3) is 5.63. The summed E-state index contributed by atoms with van der Waals surface area (Å²) >= 11 is 0. The van der Waals surface area contributed by atoms with E-state index in [0.717, 1.165) is 5.69 Å². The number of rotatable bonds is 8. The summed E-state index contributed by atoms with van der Waals surface area (Å²) in [6, 6.07) is 23.1. The third-order valence-electron chi connectivity index (χ3n) is 4.63. The van der Waals surface area contributed by atoms with E-state index in [1.807, 2.05) is 50.2 Å². The number of anilines is 2. The first-order chi connectivity index (χ1) is 15.0. The van der Waals surface area contributed by atoms with E-state index in [1.54, 1.807) is 54.6 Å². The molecule has 1 amide bonds. The first-order valence-electron chi connectivity index (χ1n) is 10.1. The van der Waals surface area contributed by atoms with Crippen molar-refractivity contribution < 1.29 is 19.1 Å². The summed E-state index contributed by atoms with van der Waals surface area (Å²) in [5, 5.41) is 2.83. The minimum atomic E-state index is -1.11. The average Bonchev–Trinajstić information content (AvgIpc) is 2.79. The lowest BCUT2D eigenvalue weighted by atomic mass is 10.1. The molecule has 0 spiro atoms. The van der Waals surface area contributed by atoms with Crippen LogP contribution < -0.4 is 15.0 Å². The molecule has 0 aliphatic heterocycles. The number of nitrogens with zero attached hydrogens (tertiary/aromatic N) is 1. The fraction of sp³-hybridized carbons (Fsp3) is 0.200. The van der Waals surface area contributed by atoms with E-state index < -0.39 is 18.0 Å². The van der Waals surface area contributed by atoms with Gasteiger partial charge >= 0.3 is 5.97 Å². The zero-order valence-corrected chi connectivity index (χ0v) is 17.9. The number of amides is 1. The van der Waals surface area contributed by atoms with Crippen molar-refractivity contribution in [3.63, 3.8) is 0 Å². The van der Waals surface area contributed by atoms with E-state index in [0.29, 0.717) is 29.2 Å². The molecule has 31 heavy (non-hydrogen) atoms.